The number of carbonyl (C=O) groups is 1. The van der Waals surface area contributed by atoms with Gasteiger partial charge in [-0.1, -0.05) is 31.5 Å². The Labute approximate surface area is 109 Å². The first-order chi connectivity index (χ1) is 8.40. The summed E-state index contributed by atoms with van der Waals surface area (Å²) in [4.78, 5) is 11.3. The SMILES string of the molecule is CNC(=O)NCC(C)(C)c1cc(C)ccc1OC. The van der Waals surface area contributed by atoms with Crippen molar-refractivity contribution in [2.24, 2.45) is 0 Å². The van der Waals surface area contributed by atoms with Crippen LogP contribution in [0.4, 0.5) is 4.79 Å². The smallest absolute Gasteiger partial charge is 0.314 e. The number of nitrogens with one attached hydrogen (secondary N) is 2. The molecule has 0 saturated heterocycles. The van der Waals surface area contributed by atoms with Gasteiger partial charge in [0.15, 0.2) is 0 Å². The van der Waals surface area contributed by atoms with E-state index < -0.39 is 0 Å². The molecule has 0 aliphatic carbocycles. The Morgan fingerprint density at radius 3 is 2.61 bits per heavy atom. The van der Waals surface area contributed by atoms with Gasteiger partial charge in [-0.15, -0.1) is 0 Å². The van der Waals surface area contributed by atoms with Crippen molar-refractivity contribution in [3.63, 3.8) is 0 Å². The molecule has 0 unspecified atom stereocenters. The van der Waals surface area contributed by atoms with Crippen LogP contribution in [0.15, 0.2) is 18.2 Å². The Hall–Kier alpha value is -1.71. The Bertz CT molecular complexity index is 428. The standard InChI is InChI=1S/C14H22N2O2/c1-10-6-7-12(18-5)11(8-10)14(2,3)9-16-13(17)15-4/h6-8H,9H2,1-5H3,(H2,15,16,17). The summed E-state index contributed by atoms with van der Waals surface area (Å²) in [6.07, 6.45) is 0. The molecule has 4 nitrogen and oxygen atoms in total. The summed E-state index contributed by atoms with van der Waals surface area (Å²) < 4.78 is 5.39. The molecule has 0 radical (unpaired) electrons. The molecule has 1 aromatic carbocycles. The van der Waals surface area contributed by atoms with E-state index in [0.717, 1.165) is 11.3 Å². The average molecular weight is 250 g/mol. The number of benzene rings is 1. The highest BCUT2D eigenvalue weighted by atomic mass is 16.5. The third-order valence-electron chi connectivity index (χ3n) is 3.00. The molecule has 2 N–H and O–H groups in total. The molecule has 2 amide bonds. The van der Waals surface area contributed by atoms with Crippen LogP contribution in [-0.4, -0.2) is 26.7 Å². The molecule has 0 aliphatic heterocycles. The molecule has 0 atom stereocenters. The largest absolute Gasteiger partial charge is 0.496 e. The maximum atomic E-state index is 11.3. The quantitative estimate of drug-likeness (QED) is 0.860. The number of methoxy groups -OCH3 is 1. The number of aryl methyl sites for hydroxylation is 1. The second-order valence-corrected chi connectivity index (χ2v) is 5.02. The number of ether oxygens (including phenoxy) is 1. The van der Waals surface area contributed by atoms with Crippen LogP contribution in [0.3, 0.4) is 0 Å². The van der Waals surface area contributed by atoms with Crippen LogP contribution in [-0.2, 0) is 5.41 Å². The van der Waals surface area contributed by atoms with E-state index in [4.69, 9.17) is 4.74 Å². The average Bonchev–Trinajstić information content (AvgIpc) is 2.36. The molecule has 1 aromatic rings. The lowest BCUT2D eigenvalue weighted by Crippen LogP contribution is -2.41. The second-order valence-electron chi connectivity index (χ2n) is 5.02. The Morgan fingerprint density at radius 2 is 2.06 bits per heavy atom. The van der Waals surface area contributed by atoms with Crippen molar-refractivity contribution in [2.45, 2.75) is 26.2 Å². The molecular weight excluding hydrogens is 228 g/mol. The summed E-state index contributed by atoms with van der Waals surface area (Å²) in [6, 6.07) is 5.91. The van der Waals surface area contributed by atoms with Crippen molar-refractivity contribution in [1.29, 1.82) is 0 Å². The fraction of sp³-hybridized carbons (Fsp3) is 0.500. The van der Waals surface area contributed by atoms with E-state index in [0.29, 0.717) is 6.54 Å². The molecule has 0 aromatic heterocycles. The maximum absolute atomic E-state index is 11.3. The first-order valence-corrected chi connectivity index (χ1v) is 6.01. The summed E-state index contributed by atoms with van der Waals surface area (Å²) >= 11 is 0. The van der Waals surface area contributed by atoms with Gasteiger partial charge in [-0.25, -0.2) is 4.79 Å². The summed E-state index contributed by atoms with van der Waals surface area (Å²) in [5.74, 6) is 0.851. The number of urea groups is 1. The highest BCUT2D eigenvalue weighted by molar-refractivity contribution is 5.73. The minimum atomic E-state index is -0.191. The zero-order valence-electron chi connectivity index (χ0n) is 11.8. The lowest BCUT2D eigenvalue weighted by Gasteiger charge is -2.27. The van der Waals surface area contributed by atoms with Gasteiger partial charge in [-0.05, 0) is 13.0 Å². The molecule has 0 fully saturated rings. The van der Waals surface area contributed by atoms with Crippen LogP contribution in [0.2, 0.25) is 0 Å². The maximum Gasteiger partial charge on any atom is 0.314 e. The summed E-state index contributed by atoms with van der Waals surface area (Å²) in [5.41, 5.74) is 2.09. The van der Waals surface area contributed by atoms with Crippen LogP contribution in [0, 0.1) is 6.92 Å². The van der Waals surface area contributed by atoms with Crippen molar-refractivity contribution in [1.82, 2.24) is 10.6 Å². The zero-order valence-corrected chi connectivity index (χ0v) is 11.8. The number of hydrogen-bond donors (Lipinski definition) is 2. The molecule has 18 heavy (non-hydrogen) atoms. The van der Waals surface area contributed by atoms with Crippen LogP contribution < -0.4 is 15.4 Å². The van der Waals surface area contributed by atoms with Gasteiger partial charge in [0, 0.05) is 24.6 Å². The van der Waals surface area contributed by atoms with Crippen molar-refractivity contribution < 1.29 is 9.53 Å². The number of hydrogen-bond acceptors (Lipinski definition) is 2. The van der Waals surface area contributed by atoms with Gasteiger partial charge < -0.3 is 15.4 Å². The van der Waals surface area contributed by atoms with Crippen LogP contribution in [0.1, 0.15) is 25.0 Å². The van der Waals surface area contributed by atoms with Crippen LogP contribution in [0.5, 0.6) is 5.75 Å². The zero-order chi connectivity index (χ0) is 13.8. The van der Waals surface area contributed by atoms with Crippen LogP contribution in [0.25, 0.3) is 0 Å². The molecule has 0 aliphatic rings. The predicted molar refractivity (Wildman–Crippen MR) is 73.2 cm³/mol. The van der Waals surface area contributed by atoms with E-state index in [9.17, 15) is 4.79 Å². The highest BCUT2D eigenvalue weighted by Gasteiger charge is 2.25. The predicted octanol–water partition coefficient (Wildman–Crippen LogP) is 2.21. The van der Waals surface area contributed by atoms with E-state index in [2.05, 4.69) is 30.5 Å². The van der Waals surface area contributed by atoms with Gasteiger partial charge in [-0.2, -0.15) is 0 Å². The Morgan fingerprint density at radius 1 is 1.39 bits per heavy atom. The topological polar surface area (TPSA) is 50.4 Å². The van der Waals surface area contributed by atoms with Gasteiger partial charge in [0.25, 0.3) is 0 Å². The molecule has 0 saturated carbocycles. The number of rotatable bonds is 4. The lowest BCUT2D eigenvalue weighted by molar-refractivity contribution is 0.240. The summed E-state index contributed by atoms with van der Waals surface area (Å²) in [7, 11) is 3.27. The number of amides is 2. The van der Waals surface area contributed by atoms with Crippen molar-refractivity contribution >= 4 is 6.03 Å². The van der Waals surface area contributed by atoms with E-state index in [1.807, 2.05) is 19.1 Å². The first-order valence-electron chi connectivity index (χ1n) is 6.01. The van der Waals surface area contributed by atoms with Gasteiger partial charge >= 0.3 is 6.03 Å². The first kappa shape index (κ1) is 14.4. The van der Waals surface area contributed by atoms with Crippen molar-refractivity contribution in [2.75, 3.05) is 20.7 Å². The minimum absolute atomic E-state index is 0.172. The van der Waals surface area contributed by atoms with E-state index in [1.165, 1.54) is 5.56 Å². The second kappa shape index (κ2) is 5.76. The van der Waals surface area contributed by atoms with Gasteiger partial charge in [0.05, 0.1) is 7.11 Å². The normalized spacial score (nSPS) is 10.9. The molecule has 0 spiro atoms. The van der Waals surface area contributed by atoms with Gasteiger partial charge in [0.1, 0.15) is 5.75 Å². The molecular formula is C14H22N2O2. The summed E-state index contributed by atoms with van der Waals surface area (Å²) in [6.45, 7) is 6.76. The van der Waals surface area contributed by atoms with E-state index in [-0.39, 0.29) is 11.4 Å². The molecule has 0 heterocycles. The molecule has 4 heteroatoms. The Balaban J connectivity index is 2.95. The minimum Gasteiger partial charge on any atom is -0.496 e. The van der Waals surface area contributed by atoms with Gasteiger partial charge in [-0.3, -0.25) is 0 Å². The highest BCUT2D eigenvalue weighted by Crippen LogP contribution is 2.31. The fourth-order valence-corrected chi connectivity index (χ4v) is 1.84. The summed E-state index contributed by atoms with van der Waals surface area (Å²) in [5, 5.41) is 5.38. The van der Waals surface area contributed by atoms with Crippen molar-refractivity contribution in [3.05, 3.63) is 29.3 Å². The monoisotopic (exact) mass is 250 g/mol. The fourth-order valence-electron chi connectivity index (χ4n) is 1.84. The van der Waals surface area contributed by atoms with E-state index in [1.54, 1.807) is 14.2 Å². The Kier molecular flexibility index (Phi) is 4.59. The molecule has 0 bridgehead atoms. The van der Waals surface area contributed by atoms with Crippen LogP contribution >= 0.6 is 0 Å². The number of carbonyl (C=O) groups excluding carboxylic acids is 1. The third kappa shape index (κ3) is 3.39. The molecule has 100 valence electrons. The third-order valence-corrected chi connectivity index (χ3v) is 3.00. The van der Waals surface area contributed by atoms with E-state index >= 15 is 0 Å². The van der Waals surface area contributed by atoms with Gasteiger partial charge in [0.2, 0.25) is 0 Å². The van der Waals surface area contributed by atoms with Crippen molar-refractivity contribution in [3.8, 4) is 5.75 Å². The molecule has 1 rings (SSSR count). The lowest BCUT2D eigenvalue weighted by atomic mass is 9.83.